The molecule has 0 unspecified atom stereocenters. The lowest BCUT2D eigenvalue weighted by atomic mass is 9.93. The summed E-state index contributed by atoms with van der Waals surface area (Å²) in [6.07, 6.45) is -0.279. The van der Waals surface area contributed by atoms with Crippen molar-refractivity contribution in [2.75, 3.05) is 9.80 Å². The quantitative estimate of drug-likeness (QED) is 0.271. The highest BCUT2D eigenvalue weighted by molar-refractivity contribution is 7.81. The van der Waals surface area contributed by atoms with E-state index in [1.165, 1.54) is 9.80 Å². The molecule has 8 heteroatoms. The first-order valence-corrected chi connectivity index (χ1v) is 10.8. The molecule has 0 bridgehead atoms. The summed E-state index contributed by atoms with van der Waals surface area (Å²) >= 11 is 17.5. The van der Waals surface area contributed by atoms with E-state index in [1.54, 1.807) is 78.9 Å². The Balaban J connectivity index is 1.75. The minimum absolute atomic E-state index is 0.00643. The number of anilines is 2. The van der Waals surface area contributed by atoms with E-state index >= 15 is 0 Å². The average molecular weight is 483 g/mol. The van der Waals surface area contributed by atoms with E-state index in [0.29, 0.717) is 27.0 Å². The lowest BCUT2D eigenvalue weighted by molar-refractivity contribution is -0.132. The summed E-state index contributed by atoms with van der Waals surface area (Å²) in [5.41, 5.74) is 1.33. The summed E-state index contributed by atoms with van der Waals surface area (Å²) in [7, 11) is 0. The number of nitrogens with zero attached hydrogens (tertiary/aromatic N) is 2. The molecule has 4 rings (SSSR count). The third-order valence-electron chi connectivity index (χ3n) is 5.07. The van der Waals surface area contributed by atoms with E-state index in [4.69, 9.17) is 35.4 Å². The highest BCUT2D eigenvalue weighted by Gasteiger charge is 2.45. The molecule has 2 amide bonds. The molecule has 0 N–H and O–H groups in total. The second-order valence-corrected chi connectivity index (χ2v) is 8.37. The van der Waals surface area contributed by atoms with Gasteiger partial charge < -0.3 is 0 Å². The molecule has 0 aliphatic carbocycles. The highest BCUT2D eigenvalue weighted by atomic mass is 35.5. The smallest absolute Gasteiger partial charge is 0.246 e. The van der Waals surface area contributed by atoms with E-state index in [0.717, 1.165) is 0 Å². The van der Waals surface area contributed by atoms with Gasteiger partial charge in [0.1, 0.15) is 5.92 Å². The van der Waals surface area contributed by atoms with Crippen molar-refractivity contribution < 1.29 is 14.4 Å². The molecule has 0 spiro atoms. The number of hydrogen-bond acceptors (Lipinski definition) is 4. The van der Waals surface area contributed by atoms with Gasteiger partial charge in [-0.1, -0.05) is 53.5 Å². The fraction of sp³-hybridized carbons (Fsp3) is 0.0833. The molecule has 1 heterocycles. The Labute approximate surface area is 200 Å². The third kappa shape index (κ3) is 4.30. The van der Waals surface area contributed by atoms with Crippen LogP contribution in [0.2, 0.25) is 10.0 Å². The molecule has 3 aromatic carbocycles. The van der Waals surface area contributed by atoms with Crippen molar-refractivity contribution in [3.8, 4) is 0 Å². The molecule has 0 aromatic heterocycles. The van der Waals surface area contributed by atoms with Gasteiger partial charge in [-0.15, -0.1) is 0 Å². The molecule has 0 atom stereocenters. The standard InChI is InChI=1S/C24H16Cl2N2O3S/c25-16-6-10-18(11-7-16)27-22(30)20(14-21(29)15-4-2-1-3-5-15)23(31)28(24(27)32)19-12-8-17(26)9-13-19/h1-13,20H,14H2. The molecule has 3 aromatic rings. The van der Waals surface area contributed by atoms with Crippen LogP contribution >= 0.6 is 35.4 Å². The first kappa shape index (κ1) is 22.1. The highest BCUT2D eigenvalue weighted by Crippen LogP contribution is 2.32. The molecular formula is C24H16Cl2N2O3S. The lowest BCUT2D eigenvalue weighted by Gasteiger charge is -2.39. The normalized spacial score (nSPS) is 14.8. The van der Waals surface area contributed by atoms with Crippen LogP contribution in [0, 0.1) is 5.92 Å². The van der Waals surface area contributed by atoms with Crippen LogP contribution < -0.4 is 9.80 Å². The maximum absolute atomic E-state index is 13.4. The fourth-order valence-electron chi connectivity index (χ4n) is 3.46. The maximum Gasteiger partial charge on any atom is 0.246 e. The average Bonchev–Trinajstić information content (AvgIpc) is 2.80. The van der Waals surface area contributed by atoms with Crippen molar-refractivity contribution in [2.24, 2.45) is 5.92 Å². The van der Waals surface area contributed by atoms with Gasteiger partial charge in [-0.05, 0) is 60.7 Å². The van der Waals surface area contributed by atoms with Gasteiger partial charge in [-0.2, -0.15) is 0 Å². The van der Waals surface area contributed by atoms with Gasteiger partial charge in [0, 0.05) is 22.0 Å². The molecule has 5 nitrogen and oxygen atoms in total. The monoisotopic (exact) mass is 482 g/mol. The maximum atomic E-state index is 13.4. The third-order valence-corrected chi connectivity index (χ3v) is 5.94. The van der Waals surface area contributed by atoms with Crippen LogP contribution in [0.3, 0.4) is 0 Å². The van der Waals surface area contributed by atoms with Crippen LogP contribution in [-0.2, 0) is 9.59 Å². The lowest BCUT2D eigenvalue weighted by Crippen LogP contribution is -2.60. The van der Waals surface area contributed by atoms with Gasteiger partial charge in [0.25, 0.3) is 0 Å². The van der Waals surface area contributed by atoms with Gasteiger partial charge in [-0.3, -0.25) is 24.2 Å². The Morgan fingerprint density at radius 2 is 1.19 bits per heavy atom. The number of carbonyl (C=O) groups excluding carboxylic acids is 3. The number of rotatable bonds is 5. The number of carbonyl (C=O) groups is 3. The van der Waals surface area contributed by atoms with Crippen LogP contribution in [0.25, 0.3) is 0 Å². The van der Waals surface area contributed by atoms with Crippen molar-refractivity contribution in [3.05, 3.63) is 94.5 Å². The molecule has 0 saturated carbocycles. The number of ketones is 1. The summed E-state index contributed by atoms with van der Waals surface area (Å²) < 4.78 is 0. The van der Waals surface area contributed by atoms with E-state index in [1.807, 2.05) is 0 Å². The minimum Gasteiger partial charge on any atom is -0.294 e. The van der Waals surface area contributed by atoms with Gasteiger partial charge in [0.15, 0.2) is 10.9 Å². The Morgan fingerprint density at radius 1 is 0.750 bits per heavy atom. The van der Waals surface area contributed by atoms with Crippen molar-refractivity contribution in [1.29, 1.82) is 0 Å². The molecule has 1 saturated heterocycles. The zero-order valence-corrected chi connectivity index (χ0v) is 18.9. The molecule has 1 aliphatic heterocycles. The van der Waals surface area contributed by atoms with Crippen molar-refractivity contribution in [1.82, 2.24) is 0 Å². The number of amides is 2. The summed E-state index contributed by atoms with van der Waals surface area (Å²) in [4.78, 5) is 42.2. The van der Waals surface area contributed by atoms with Crippen molar-refractivity contribution >= 4 is 69.5 Å². The van der Waals surface area contributed by atoms with Crippen LogP contribution in [0.5, 0.6) is 0 Å². The number of thiocarbonyl (C=S) groups is 1. The largest absolute Gasteiger partial charge is 0.294 e. The van der Waals surface area contributed by atoms with E-state index in [2.05, 4.69) is 0 Å². The van der Waals surface area contributed by atoms with Gasteiger partial charge in [0.2, 0.25) is 11.8 Å². The summed E-state index contributed by atoms with van der Waals surface area (Å²) in [5.74, 6) is -2.66. The molecule has 1 fully saturated rings. The second kappa shape index (κ2) is 9.20. The fourth-order valence-corrected chi connectivity index (χ4v) is 4.11. The van der Waals surface area contributed by atoms with Crippen LogP contribution in [0.1, 0.15) is 16.8 Å². The minimum atomic E-state index is -1.24. The van der Waals surface area contributed by atoms with Crippen LogP contribution in [0.4, 0.5) is 11.4 Å². The van der Waals surface area contributed by atoms with E-state index < -0.39 is 17.7 Å². The summed E-state index contributed by atoms with van der Waals surface area (Å²) in [5, 5.41) is 0.976. The topological polar surface area (TPSA) is 57.7 Å². The van der Waals surface area contributed by atoms with E-state index in [-0.39, 0.29) is 17.3 Å². The summed E-state index contributed by atoms with van der Waals surface area (Å²) in [6, 6.07) is 21.6. The molecule has 1 aliphatic rings. The Kier molecular flexibility index (Phi) is 6.37. The van der Waals surface area contributed by atoms with Crippen molar-refractivity contribution in [3.63, 3.8) is 0 Å². The molecular weight excluding hydrogens is 467 g/mol. The van der Waals surface area contributed by atoms with Gasteiger partial charge in [0.05, 0.1) is 11.4 Å². The van der Waals surface area contributed by atoms with Gasteiger partial charge >= 0.3 is 0 Å². The summed E-state index contributed by atoms with van der Waals surface area (Å²) in [6.45, 7) is 0. The number of Topliss-reactive ketones (excluding diaryl/α,β-unsaturated/α-hetero) is 1. The SMILES string of the molecule is O=C(CC1C(=O)N(c2ccc(Cl)cc2)C(=S)N(c2ccc(Cl)cc2)C1=O)c1ccccc1. The second-order valence-electron chi connectivity index (χ2n) is 7.13. The van der Waals surface area contributed by atoms with Crippen LogP contribution in [0.15, 0.2) is 78.9 Å². The molecule has 160 valence electrons. The van der Waals surface area contributed by atoms with Crippen LogP contribution in [-0.4, -0.2) is 22.7 Å². The Bertz CT molecular complexity index is 1130. The zero-order valence-electron chi connectivity index (χ0n) is 16.6. The van der Waals surface area contributed by atoms with Gasteiger partial charge in [-0.25, -0.2) is 0 Å². The Morgan fingerprint density at radius 3 is 1.62 bits per heavy atom. The predicted molar refractivity (Wildman–Crippen MR) is 129 cm³/mol. The first-order chi connectivity index (χ1) is 15.4. The zero-order chi connectivity index (χ0) is 22.8. The Hall–Kier alpha value is -3.06. The number of benzene rings is 3. The number of hydrogen-bond donors (Lipinski definition) is 0. The van der Waals surface area contributed by atoms with E-state index in [9.17, 15) is 14.4 Å². The predicted octanol–water partition coefficient (Wildman–Crippen LogP) is 5.55. The first-order valence-electron chi connectivity index (χ1n) is 9.68. The molecule has 32 heavy (non-hydrogen) atoms. The van der Waals surface area contributed by atoms with Crippen molar-refractivity contribution in [2.45, 2.75) is 6.42 Å². The number of halogens is 2. The molecule has 0 radical (unpaired) electrons.